The van der Waals surface area contributed by atoms with Crippen LogP contribution in [0.1, 0.15) is 29.9 Å². The van der Waals surface area contributed by atoms with E-state index in [0.29, 0.717) is 12.3 Å². The molecule has 1 aliphatic rings. The largest absolute Gasteiger partial charge is 0.462 e. The summed E-state index contributed by atoms with van der Waals surface area (Å²) in [6.45, 7) is 3.25. The molecule has 1 aliphatic heterocycles. The number of benzene rings is 1. The van der Waals surface area contributed by atoms with Gasteiger partial charge in [-0.1, -0.05) is 18.2 Å². The minimum Gasteiger partial charge on any atom is -0.462 e. The van der Waals surface area contributed by atoms with E-state index in [9.17, 15) is 9.59 Å². The Morgan fingerprint density at radius 1 is 1.31 bits per heavy atom. The number of aryl methyl sites for hydroxylation is 1. The maximum atomic E-state index is 12.2. The van der Waals surface area contributed by atoms with Gasteiger partial charge in [-0.15, -0.1) is 0 Å². The van der Waals surface area contributed by atoms with Gasteiger partial charge < -0.3 is 15.5 Å². The third-order valence-electron chi connectivity index (χ3n) is 4.50. The molecule has 3 rings (SSSR count). The lowest BCUT2D eigenvalue weighted by molar-refractivity contribution is -0.122. The minimum absolute atomic E-state index is 0.235. The fraction of sp³-hybridized carbons (Fsp3) is 0.300. The Balaban J connectivity index is 1.68. The molecule has 3 N–H and O–H groups in total. The van der Waals surface area contributed by atoms with Gasteiger partial charge in [0.05, 0.1) is 6.04 Å². The SMILES string of the molecule is Cc1ccc(/C=C/C(=O)Nc2ccccc2CN2CCCC2C(N)=O)o1. The Kier molecular flexibility index (Phi) is 5.53. The molecule has 0 radical (unpaired) electrons. The highest BCUT2D eigenvalue weighted by atomic mass is 16.3. The van der Waals surface area contributed by atoms with E-state index in [1.807, 2.05) is 43.3 Å². The van der Waals surface area contributed by atoms with Crippen LogP contribution in [-0.2, 0) is 16.1 Å². The number of nitrogens with two attached hydrogens (primary N) is 1. The van der Waals surface area contributed by atoms with Gasteiger partial charge in [-0.3, -0.25) is 14.5 Å². The van der Waals surface area contributed by atoms with Gasteiger partial charge in [0.25, 0.3) is 0 Å². The Morgan fingerprint density at radius 3 is 2.85 bits per heavy atom. The first-order chi connectivity index (χ1) is 12.5. The van der Waals surface area contributed by atoms with E-state index in [4.69, 9.17) is 10.2 Å². The number of furan rings is 1. The molecule has 26 heavy (non-hydrogen) atoms. The van der Waals surface area contributed by atoms with Crippen molar-refractivity contribution in [2.24, 2.45) is 5.73 Å². The Hall–Kier alpha value is -2.86. The van der Waals surface area contributed by atoms with Crippen LogP contribution >= 0.6 is 0 Å². The number of carbonyl (C=O) groups is 2. The molecule has 2 aromatic rings. The van der Waals surface area contributed by atoms with Gasteiger partial charge in [0.2, 0.25) is 11.8 Å². The summed E-state index contributed by atoms with van der Waals surface area (Å²) < 4.78 is 5.41. The van der Waals surface area contributed by atoms with Crippen molar-refractivity contribution in [2.45, 2.75) is 32.4 Å². The quantitative estimate of drug-likeness (QED) is 0.782. The predicted octanol–water partition coefficient (Wildman–Crippen LogP) is 2.69. The summed E-state index contributed by atoms with van der Waals surface area (Å²) >= 11 is 0. The summed E-state index contributed by atoms with van der Waals surface area (Å²) in [4.78, 5) is 25.9. The number of hydrogen-bond donors (Lipinski definition) is 2. The number of nitrogens with zero attached hydrogens (tertiary/aromatic N) is 1. The zero-order chi connectivity index (χ0) is 18.5. The third kappa shape index (κ3) is 4.40. The molecule has 0 spiro atoms. The fourth-order valence-electron chi connectivity index (χ4n) is 3.21. The van der Waals surface area contributed by atoms with Crippen molar-refractivity contribution in [1.29, 1.82) is 0 Å². The maximum Gasteiger partial charge on any atom is 0.248 e. The molecule has 0 saturated carbocycles. The molecule has 6 heteroatoms. The second-order valence-electron chi connectivity index (χ2n) is 6.46. The van der Waals surface area contributed by atoms with E-state index in [1.54, 1.807) is 6.08 Å². The van der Waals surface area contributed by atoms with Crippen molar-refractivity contribution in [3.05, 3.63) is 59.6 Å². The van der Waals surface area contributed by atoms with Crippen LogP contribution < -0.4 is 11.1 Å². The van der Waals surface area contributed by atoms with Crippen LogP contribution in [0, 0.1) is 6.92 Å². The molecule has 6 nitrogen and oxygen atoms in total. The van der Waals surface area contributed by atoms with Crippen molar-refractivity contribution < 1.29 is 14.0 Å². The maximum absolute atomic E-state index is 12.2. The van der Waals surface area contributed by atoms with E-state index >= 15 is 0 Å². The molecule has 2 amide bonds. The predicted molar refractivity (Wildman–Crippen MR) is 100 cm³/mol. The Bertz CT molecular complexity index is 825. The first-order valence-electron chi connectivity index (χ1n) is 8.70. The highest BCUT2D eigenvalue weighted by Crippen LogP contribution is 2.23. The lowest BCUT2D eigenvalue weighted by atomic mass is 10.1. The molecule has 1 fully saturated rings. The standard InChI is InChI=1S/C20H23N3O3/c1-14-8-9-16(26-14)10-11-19(24)22-17-6-3-2-5-15(17)13-23-12-4-7-18(23)20(21)25/h2-3,5-6,8-11,18H,4,7,12-13H2,1H3,(H2,21,25)(H,22,24)/b11-10+. The molecule has 1 unspecified atom stereocenters. The van der Waals surface area contributed by atoms with Crippen LogP contribution in [0.15, 0.2) is 46.9 Å². The number of amides is 2. The third-order valence-corrected chi connectivity index (χ3v) is 4.50. The van der Waals surface area contributed by atoms with Gasteiger partial charge in [-0.2, -0.15) is 0 Å². The molecule has 2 heterocycles. The van der Waals surface area contributed by atoms with Gasteiger partial charge in [0, 0.05) is 18.3 Å². The molecule has 0 bridgehead atoms. The first kappa shape index (κ1) is 17.9. The molecule has 1 aromatic heterocycles. The Morgan fingerprint density at radius 2 is 2.12 bits per heavy atom. The summed E-state index contributed by atoms with van der Waals surface area (Å²) in [5, 5.41) is 2.90. The number of para-hydroxylation sites is 1. The molecule has 0 aliphatic carbocycles. The highest BCUT2D eigenvalue weighted by Gasteiger charge is 2.29. The number of carbonyl (C=O) groups excluding carboxylic acids is 2. The molecule has 1 atom stereocenters. The lowest BCUT2D eigenvalue weighted by Gasteiger charge is -2.23. The smallest absolute Gasteiger partial charge is 0.248 e. The topological polar surface area (TPSA) is 88.6 Å². The van der Waals surface area contributed by atoms with Gasteiger partial charge in [-0.25, -0.2) is 0 Å². The van der Waals surface area contributed by atoms with Crippen molar-refractivity contribution in [1.82, 2.24) is 4.90 Å². The average Bonchev–Trinajstić information content (AvgIpc) is 3.23. The van der Waals surface area contributed by atoms with Crippen LogP contribution in [0.5, 0.6) is 0 Å². The van der Waals surface area contributed by atoms with Crippen molar-refractivity contribution in [3.63, 3.8) is 0 Å². The second-order valence-corrected chi connectivity index (χ2v) is 6.46. The highest BCUT2D eigenvalue weighted by molar-refractivity contribution is 6.02. The lowest BCUT2D eigenvalue weighted by Crippen LogP contribution is -2.39. The van der Waals surface area contributed by atoms with Crippen LogP contribution in [0.4, 0.5) is 5.69 Å². The van der Waals surface area contributed by atoms with E-state index in [2.05, 4.69) is 10.2 Å². The van der Waals surface area contributed by atoms with Crippen molar-refractivity contribution in [3.8, 4) is 0 Å². The monoisotopic (exact) mass is 353 g/mol. The van der Waals surface area contributed by atoms with Crippen LogP contribution in [0.2, 0.25) is 0 Å². The fourth-order valence-corrected chi connectivity index (χ4v) is 3.21. The van der Waals surface area contributed by atoms with E-state index in [0.717, 1.165) is 36.4 Å². The number of anilines is 1. The van der Waals surface area contributed by atoms with Crippen LogP contribution in [0.25, 0.3) is 6.08 Å². The molecule has 1 saturated heterocycles. The number of rotatable bonds is 6. The van der Waals surface area contributed by atoms with Gasteiger partial charge >= 0.3 is 0 Å². The second kappa shape index (κ2) is 8.01. The van der Waals surface area contributed by atoms with Crippen LogP contribution in [-0.4, -0.2) is 29.3 Å². The van der Waals surface area contributed by atoms with Gasteiger partial charge in [0.15, 0.2) is 0 Å². The zero-order valence-electron chi connectivity index (χ0n) is 14.8. The number of primary amides is 1. The Labute approximate surface area is 152 Å². The van der Waals surface area contributed by atoms with Crippen molar-refractivity contribution >= 4 is 23.6 Å². The summed E-state index contributed by atoms with van der Waals surface area (Å²) in [5.41, 5.74) is 7.17. The van der Waals surface area contributed by atoms with Crippen molar-refractivity contribution in [2.75, 3.05) is 11.9 Å². The first-order valence-corrected chi connectivity index (χ1v) is 8.70. The van der Waals surface area contributed by atoms with E-state index < -0.39 is 0 Å². The van der Waals surface area contributed by atoms with Crippen LogP contribution in [0.3, 0.4) is 0 Å². The summed E-state index contributed by atoms with van der Waals surface area (Å²) in [5.74, 6) is 0.900. The minimum atomic E-state index is -0.291. The van der Waals surface area contributed by atoms with Gasteiger partial charge in [0.1, 0.15) is 11.5 Å². The summed E-state index contributed by atoms with van der Waals surface area (Å²) in [6.07, 6.45) is 4.81. The zero-order valence-corrected chi connectivity index (χ0v) is 14.8. The summed E-state index contributed by atoms with van der Waals surface area (Å²) in [6, 6.07) is 11.0. The van der Waals surface area contributed by atoms with E-state index in [-0.39, 0.29) is 17.9 Å². The summed E-state index contributed by atoms with van der Waals surface area (Å²) in [7, 11) is 0. The molecule has 1 aromatic carbocycles. The number of likely N-dealkylation sites (tertiary alicyclic amines) is 1. The average molecular weight is 353 g/mol. The van der Waals surface area contributed by atoms with E-state index in [1.165, 1.54) is 6.08 Å². The molecular formula is C20H23N3O3. The number of nitrogens with one attached hydrogen (secondary N) is 1. The molecule has 136 valence electrons. The van der Waals surface area contributed by atoms with Gasteiger partial charge in [-0.05, 0) is 56.1 Å². The normalized spacial score (nSPS) is 17.7. The molecular weight excluding hydrogens is 330 g/mol. The number of hydrogen-bond acceptors (Lipinski definition) is 4.